The van der Waals surface area contributed by atoms with Crippen molar-refractivity contribution in [1.29, 1.82) is 0 Å². The van der Waals surface area contributed by atoms with Gasteiger partial charge in [0.2, 0.25) is 5.91 Å². The minimum Gasteiger partial charge on any atom is -0.324 e. The van der Waals surface area contributed by atoms with E-state index in [1.165, 1.54) is 11.3 Å². The molecule has 1 atom stereocenters. The van der Waals surface area contributed by atoms with E-state index in [9.17, 15) is 9.59 Å². The lowest BCUT2D eigenvalue weighted by Gasteiger charge is -2.14. The second kappa shape index (κ2) is 7.36. The molecule has 0 aliphatic heterocycles. The van der Waals surface area contributed by atoms with Crippen molar-refractivity contribution in [3.05, 3.63) is 76.6 Å². The van der Waals surface area contributed by atoms with Crippen LogP contribution >= 0.6 is 11.3 Å². The van der Waals surface area contributed by atoms with Crippen LogP contribution in [0.4, 0.5) is 5.69 Å². The monoisotopic (exact) mass is 390 g/mol. The average Bonchev–Trinajstić information content (AvgIpc) is 3.15. The fourth-order valence-electron chi connectivity index (χ4n) is 2.92. The maximum atomic E-state index is 12.9. The topological polar surface area (TPSA) is 76.9 Å². The van der Waals surface area contributed by atoms with Crippen molar-refractivity contribution in [2.75, 3.05) is 5.32 Å². The number of anilines is 1. The van der Waals surface area contributed by atoms with Gasteiger partial charge in [0, 0.05) is 10.6 Å². The van der Waals surface area contributed by atoms with Crippen LogP contribution in [0.1, 0.15) is 18.5 Å². The lowest BCUT2D eigenvalue weighted by molar-refractivity contribution is -0.119. The second-order valence-electron chi connectivity index (χ2n) is 6.51. The van der Waals surface area contributed by atoms with Gasteiger partial charge in [-0.1, -0.05) is 53.7 Å². The number of carbonyl (C=O) groups excluding carboxylic acids is 1. The van der Waals surface area contributed by atoms with Crippen LogP contribution in [0.25, 0.3) is 20.7 Å². The molecule has 2 aromatic heterocycles. The van der Waals surface area contributed by atoms with E-state index < -0.39 is 6.04 Å². The highest BCUT2D eigenvalue weighted by Gasteiger charge is 2.21. The number of hydrogen-bond donors (Lipinski definition) is 1. The Labute approximate surface area is 165 Å². The molecule has 4 rings (SSSR count). The number of carbonyl (C=O) groups is 1. The molecule has 0 radical (unpaired) electrons. The molecule has 0 spiro atoms. The predicted molar refractivity (Wildman–Crippen MR) is 112 cm³/mol. The van der Waals surface area contributed by atoms with E-state index in [0.717, 1.165) is 20.7 Å². The number of rotatable bonds is 4. The Balaban J connectivity index is 1.67. The summed E-state index contributed by atoms with van der Waals surface area (Å²) in [5, 5.41) is 11.5. The van der Waals surface area contributed by atoms with Gasteiger partial charge in [-0.15, -0.1) is 16.4 Å². The predicted octanol–water partition coefficient (Wildman–Crippen LogP) is 4.03. The highest BCUT2D eigenvalue weighted by Crippen LogP contribution is 2.30. The SMILES string of the molecule is Cc1ccccc1NC(=O)[C@H](C)n1nnc2sc(-c3ccccc3)cc2c1=O. The zero-order chi connectivity index (χ0) is 19.7. The van der Waals surface area contributed by atoms with Gasteiger partial charge in [0.05, 0.1) is 5.39 Å². The smallest absolute Gasteiger partial charge is 0.279 e. The van der Waals surface area contributed by atoms with Crippen molar-refractivity contribution in [3.8, 4) is 10.4 Å². The maximum Gasteiger partial charge on any atom is 0.279 e. The lowest BCUT2D eigenvalue weighted by atomic mass is 10.2. The molecule has 1 amide bonds. The van der Waals surface area contributed by atoms with Gasteiger partial charge in [-0.25, -0.2) is 0 Å². The summed E-state index contributed by atoms with van der Waals surface area (Å²) in [5.74, 6) is -0.316. The van der Waals surface area contributed by atoms with Crippen LogP contribution in [0.15, 0.2) is 65.5 Å². The van der Waals surface area contributed by atoms with E-state index in [0.29, 0.717) is 15.9 Å². The Kier molecular flexibility index (Phi) is 4.75. The molecule has 0 saturated carbocycles. The average molecular weight is 390 g/mol. The molecule has 1 N–H and O–H groups in total. The Morgan fingerprint density at radius 2 is 1.82 bits per heavy atom. The van der Waals surface area contributed by atoms with Crippen LogP contribution in [-0.4, -0.2) is 20.9 Å². The summed E-state index contributed by atoms with van der Waals surface area (Å²) < 4.78 is 1.14. The molecule has 2 aromatic carbocycles. The Morgan fingerprint density at radius 1 is 1.11 bits per heavy atom. The van der Waals surface area contributed by atoms with Crippen molar-refractivity contribution in [1.82, 2.24) is 15.0 Å². The molecular weight excluding hydrogens is 372 g/mol. The van der Waals surface area contributed by atoms with Crippen LogP contribution < -0.4 is 10.9 Å². The van der Waals surface area contributed by atoms with E-state index in [4.69, 9.17) is 0 Å². The first-order valence-corrected chi connectivity index (χ1v) is 9.67. The van der Waals surface area contributed by atoms with Gasteiger partial charge in [-0.3, -0.25) is 9.59 Å². The largest absolute Gasteiger partial charge is 0.324 e. The van der Waals surface area contributed by atoms with Gasteiger partial charge in [0.25, 0.3) is 5.56 Å². The van der Waals surface area contributed by atoms with Crippen molar-refractivity contribution in [2.24, 2.45) is 0 Å². The van der Waals surface area contributed by atoms with E-state index >= 15 is 0 Å². The zero-order valence-corrected chi connectivity index (χ0v) is 16.2. The van der Waals surface area contributed by atoms with Crippen molar-refractivity contribution in [3.63, 3.8) is 0 Å². The fraction of sp³-hybridized carbons (Fsp3) is 0.143. The lowest BCUT2D eigenvalue weighted by Crippen LogP contribution is -2.34. The van der Waals surface area contributed by atoms with E-state index in [2.05, 4.69) is 15.6 Å². The first-order chi connectivity index (χ1) is 13.5. The summed E-state index contributed by atoms with van der Waals surface area (Å²) in [5.41, 5.74) is 2.35. The van der Waals surface area contributed by atoms with Gasteiger partial charge in [-0.2, -0.15) is 4.68 Å². The van der Waals surface area contributed by atoms with E-state index in [1.807, 2.05) is 67.6 Å². The zero-order valence-electron chi connectivity index (χ0n) is 15.4. The van der Waals surface area contributed by atoms with E-state index in [1.54, 1.807) is 6.92 Å². The summed E-state index contributed by atoms with van der Waals surface area (Å²) in [6.07, 6.45) is 0. The molecule has 0 unspecified atom stereocenters. The van der Waals surface area contributed by atoms with Crippen LogP contribution in [0.3, 0.4) is 0 Å². The third-order valence-corrected chi connectivity index (χ3v) is 5.66. The van der Waals surface area contributed by atoms with Crippen LogP contribution in [0, 0.1) is 6.92 Å². The summed E-state index contributed by atoms with van der Waals surface area (Å²) in [6.45, 7) is 3.55. The minimum atomic E-state index is -0.788. The standard InChI is InChI=1S/C21H18N4O2S/c1-13-8-6-7-11-17(13)22-19(26)14(2)25-21(27)16-12-18(28-20(16)23-24-25)15-9-4-3-5-10-15/h3-12,14H,1-2H3,(H,22,26)/t14-/m0/s1. The number of thiophene rings is 1. The molecular formula is C21H18N4O2S. The quantitative estimate of drug-likeness (QED) is 0.571. The first kappa shape index (κ1) is 18.1. The molecule has 2 heterocycles. The minimum absolute atomic E-state index is 0.316. The highest BCUT2D eigenvalue weighted by atomic mass is 32.1. The van der Waals surface area contributed by atoms with Crippen molar-refractivity contribution >= 4 is 33.1 Å². The Hall–Kier alpha value is -3.32. The molecule has 140 valence electrons. The summed E-state index contributed by atoms with van der Waals surface area (Å²) in [4.78, 5) is 27.1. The summed E-state index contributed by atoms with van der Waals surface area (Å²) in [7, 11) is 0. The molecule has 4 aromatic rings. The number of fused-ring (bicyclic) bond motifs is 1. The number of nitrogens with zero attached hydrogens (tertiary/aromatic N) is 3. The number of benzene rings is 2. The molecule has 0 aliphatic rings. The van der Waals surface area contributed by atoms with Gasteiger partial charge < -0.3 is 5.32 Å². The number of aryl methyl sites for hydroxylation is 1. The molecule has 7 heteroatoms. The van der Waals surface area contributed by atoms with Crippen molar-refractivity contribution in [2.45, 2.75) is 19.9 Å². The number of para-hydroxylation sites is 1. The summed E-state index contributed by atoms with van der Waals surface area (Å²) in [6, 6.07) is 18.3. The fourth-order valence-corrected chi connectivity index (χ4v) is 3.89. The number of aromatic nitrogens is 3. The number of hydrogen-bond acceptors (Lipinski definition) is 5. The second-order valence-corrected chi connectivity index (χ2v) is 7.55. The molecule has 0 saturated heterocycles. The third-order valence-electron chi connectivity index (χ3n) is 4.59. The van der Waals surface area contributed by atoms with Crippen LogP contribution in [0.2, 0.25) is 0 Å². The van der Waals surface area contributed by atoms with Gasteiger partial charge in [0.15, 0.2) is 4.83 Å². The van der Waals surface area contributed by atoms with Crippen LogP contribution in [0.5, 0.6) is 0 Å². The molecule has 6 nitrogen and oxygen atoms in total. The molecule has 0 fully saturated rings. The highest BCUT2D eigenvalue weighted by molar-refractivity contribution is 7.21. The molecule has 28 heavy (non-hydrogen) atoms. The molecule has 0 bridgehead atoms. The van der Waals surface area contributed by atoms with Gasteiger partial charge >= 0.3 is 0 Å². The number of amides is 1. The first-order valence-electron chi connectivity index (χ1n) is 8.85. The number of nitrogens with one attached hydrogen (secondary N) is 1. The normalized spacial score (nSPS) is 12.1. The van der Waals surface area contributed by atoms with Gasteiger partial charge in [0.1, 0.15) is 6.04 Å². The van der Waals surface area contributed by atoms with E-state index in [-0.39, 0.29) is 11.5 Å². The maximum absolute atomic E-state index is 12.9. The molecule has 0 aliphatic carbocycles. The van der Waals surface area contributed by atoms with Gasteiger partial charge in [-0.05, 0) is 37.1 Å². The van der Waals surface area contributed by atoms with Crippen LogP contribution in [-0.2, 0) is 4.79 Å². The Morgan fingerprint density at radius 3 is 2.57 bits per heavy atom. The third kappa shape index (κ3) is 3.32. The summed E-state index contributed by atoms with van der Waals surface area (Å²) >= 11 is 1.41. The Bertz CT molecular complexity index is 1210. The van der Waals surface area contributed by atoms with Crippen molar-refractivity contribution < 1.29 is 4.79 Å².